The average Bonchev–Trinajstić information content (AvgIpc) is 3.16. The summed E-state index contributed by atoms with van der Waals surface area (Å²) in [5.41, 5.74) is 3.61. The van der Waals surface area contributed by atoms with Crippen LogP contribution in [0.3, 0.4) is 0 Å². The summed E-state index contributed by atoms with van der Waals surface area (Å²) in [4.78, 5) is 4.65. The van der Waals surface area contributed by atoms with E-state index < -0.39 is 18.6 Å². The number of nitrogens with zero attached hydrogens (tertiary/aromatic N) is 1. The van der Waals surface area contributed by atoms with Gasteiger partial charge in [0.25, 0.3) is 0 Å². The maximum absolute atomic E-state index is 12.6. The highest BCUT2D eigenvalue weighted by atomic mass is 35.5. The van der Waals surface area contributed by atoms with E-state index in [1.54, 1.807) is 18.2 Å². The van der Waals surface area contributed by atoms with Crippen LogP contribution in [0, 0.1) is 0 Å². The third-order valence-corrected chi connectivity index (χ3v) is 5.37. The van der Waals surface area contributed by atoms with Gasteiger partial charge in [-0.05, 0) is 66.6 Å². The van der Waals surface area contributed by atoms with E-state index in [9.17, 15) is 13.2 Å². The van der Waals surface area contributed by atoms with Crippen molar-refractivity contribution in [1.82, 2.24) is 0 Å². The summed E-state index contributed by atoms with van der Waals surface area (Å²) in [5.74, 6) is 2.26. The van der Waals surface area contributed by atoms with Gasteiger partial charge in [-0.1, -0.05) is 29.8 Å². The van der Waals surface area contributed by atoms with Gasteiger partial charge in [-0.25, -0.2) is 0 Å². The minimum atomic E-state index is -4.19. The van der Waals surface area contributed by atoms with Crippen LogP contribution in [0.5, 0.6) is 11.5 Å². The van der Waals surface area contributed by atoms with Gasteiger partial charge in [0.1, 0.15) is 17.3 Å². The predicted molar refractivity (Wildman–Crippen MR) is 127 cm³/mol. The minimum absolute atomic E-state index is 0.505. The normalized spacial score (nSPS) is 15.1. The van der Waals surface area contributed by atoms with Crippen molar-refractivity contribution < 1.29 is 17.9 Å². The summed E-state index contributed by atoms with van der Waals surface area (Å²) in [7, 11) is 0. The standard InChI is InChI=1S/C25H23ClF3N3O/c1-16(14-25(27,28)29)31-20-7-4-18-12-24(32-23(18)13-20)30-15-17-2-8-21(9-3-17)33-22-10-5-19(26)6-11-22/h2-11,13,16,31H,12,14-15H2,1H3,(H,30,32). The number of hydrogen-bond acceptors (Lipinski definition) is 3. The molecule has 4 rings (SSSR count). The van der Waals surface area contributed by atoms with Crippen molar-refractivity contribution in [3.05, 3.63) is 82.9 Å². The molecule has 0 saturated carbocycles. The Bertz CT molecular complexity index is 1130. The lowest BCUT2D eigenvalue weighted by Gasteiger charge is -2.17. The van der Waals surface area contributed by atoms with Crippen molar-refractivity contribution in [2.24, 2.45) is 4.99 Å². The van der Waals surface area contributed by atoms with Crippen molar-refractivity contribution in [3.63, 3.8) is 0 Å². The molecule has 0 saturated heterocycles. The molecule has 3 aromatic rings. The van der Waals surface area contributed by atoms with Gasteiger partial charge in [-0.3, -0.25) is 4.99 Å². The average molecular weight is 474 g/mol. The highest BCUT2D eigenvalue weighted by Crippen LogP contribution is 2.29. The van der Waals surface area contributed by atoms with Crippen LogP contribution in [-0.2, 0) is 13.0 Å². The second-order valence-electron chi connectivity index (χ2n) is 8.00. The molecule has 2 N–H and O–H groups in total. The van der Waals surface area contributed by atoms with Gasteiger partial charge in [0, 0.05) is 28.9 Å². The molecule has 0 aromatic heterocycles. The highest BCUT2D eigenvalue weighted by Gasteiger charge is 2.30. The van der Waals surface area contributed by atoms with Crippen molar-refractivity contribution in [2.75, 3.05) is 10.6 Å². The van der Waals surface area contributed by atoms with E-state index in [1.165, 1.54) is 6.92 Å². The van der Waals surface area contributed by atoms with Crippen LogP contribution < -0.4 is 15.4 Å². The largest absolute Gasteiger partial charge is 0.457 e. The second kappa shape index (κ2) is 9.75. The number of ether oxygens (including phenoxy) is 1. The van der Waals surface area contributed by atoms with Gasteiger partial charge in [-0.15, -0.1) is 0 Å². The van der Waals surface area contributed by atoms with Crippen molar-refractivity contribution in [1.29, 1.82) is 0 Å². The summed E-state index contributed by atoms with van der Waals surface area (Å²) >= 11 is 5.89. The molecular formula is C25H23ClF3N3O. The maximum atomic E-state index is 12.6. The first-order valence-electron chi connectivity index (χ1n) is 10.5. The molecule has 172 valence electrons. The number of rotatable bonds is 7. The lowest BCUT2D eigenvalue weighted by molar-refractivity contribution is -0.136. The zero-order chi connectivity index (χ0) is 23.4. The second-order valence-corrected chi connectivity index (χ2v) is 8.44. The Morgan fingerprint density at radius 2 is 1.70 bits per heavy atom. The van der Waals surface area contributed by atoms with Gasteiger partial charge in [0.2, 0.25) is 0 Å². The lowest BCUT2D eigenvalue weighted by Crippen LogP contribution is -2.23. The van der Waals surface area contributed by atoms with Crippen LogP contribution in [0.25, 0.3) is 0 Å². The molecule has 1 heterocycles. The first-order valence-corrected chi connectivity index (χ1v) is 10.9. The summed E-state index contributed by atoms with van der Waals surface area (Å²) < 4.78 is 43.5. The molecule has 0 spiro atoms. The number of amidine groups is 1. The Hall–Kier alpha value is -3.19. The topological polar surface area (TPSA) is 45.7 Å². The SMILES string of the molecule is CC(CC(F)(F)F)Nc1ccc2c(c1)NC(=NCc1ccc(Oc3ccc(Cl)cc3)cc1)C2. The molecule has 4 nitrogen and oxygen atoms in total. The Labute approximate surface area is 195 Å². The van der Waals surface area contributed by atoms with E-state index >= 15 is 0 Å². The van der Waals surface area contributed by atoms with Gasteiger partial charge in [0.05, 0.1) is 13.0 Å². The fourth-order valence-electron chi connectivity index (χ4n) is 3.58. The number of fused-ring (bicyclic) bond motifs is 1. The van der Waals surface area contributed by atoms with E-state index in [4.69, 9.17) is 16.3 Å². The van der Waals surface area contributed by atoms with Crippen LogP contribution in [0.4, 0.5) is 24.5 Å². The monoisotopic (exact) mass is 473 g/mol. The molecule has 0 radical (unpaired) electrons. The Balaban J connectivity index is 1.32. The zero-order valence-corrected chi connectivity index (χ0v) is 18.7. The number of nitrogens with one attached hydrogen (secondary N) is 2. The quantitative estimate of drug-likeness (QED) is 0.374. The van der Waals surface area contributed by atoms with Gasteiger partial charge in [-0.2, -0.15) is 13.2 Å². The third kappa shape index (κ3) is 6.65. The van der Waals surface area contributed by atoms with E-state index in [2.05, 4.69) is 15.6 Å². The molecule has 1 aliphatic rings. The minimum Gasteiger partial charge on any atom is -0.457 e. The smallest absolute Gasteiger partial charge is 0.391 e. The fourth-order valence-corrected chi connectivity index (χ4v) is 3.71. The molecule has 1 unspecified atom stereocenters. The van der Waals surface area contributed by atoms with Crippen LogP contribution in [-0.4, -0.2) is 18.1 Å². The molecule has 0 bridgehead atoms. The molecular weight excluding hydrogens is 451 g/mol. The zero-order valence-electron chi connectivity index (χ0n) is 17.9. The molecule has 1 aliphatic heterocycles. The molecule has 8 heteroatoms. The molecule has 0 fully saturated rings. The van der Waals surface area contributed by atoms with Crippen molar-refractivity contribution in [3.8, 4) is 11.5 Å². The number of halogens is 4. The first kappa shape index (κ1) is 23.0. The van der Waals surface area contributed by atoms with Crippen molar-refractivity contribution >= 4 is 28.8 Å². The molecule has 3 aromatic carbocycles. The van der Waals surface area contributed by atoms with Gasteiger partial charge in [0.15, 0.2) is 0 Å². The first-order chi connectivity index (χ1) is 15.7. The number of anilines is 2. The number of hydrogen-bond donors (Lipinski definition) is 2. The number of aliphatic imine (C=N–C) groups is 1. The van der Waals surface area contributed by atoms with Crippen LogP contribution in [0.15, 0.2) is 71.7 Å². The van der Waals surface area contributed by atoms with Crippen LogP contribution in [0.2, 0.25) is 5.02 Å². The molecule has 33 heavy (non-hydrogen) atoms. The Morgan fingerprint density at radius 3 is 2.36 bits per heavy atom. The maximum Gasteiger partial charge on any atom is 0.391 e. The van der Waals surface area contributed by atoms with E-state index in [-0.39, 0.29) is 0 Å². The Morgan fingerprint density at radius 1 is 1.03 bits per heavy atom. The summed E-state index contributed by atoms with van der Waals surface area (Å²) in [6.07, 6.45) is -4.42. The van der Waals surface area contributed by atoms with Crippen LogP contribution >= 0.6 is 11.6 Å². The lowest BCUT2D eigenvalue weighted by atomic mass is 10.1. The highest BCUT2D eigenvalue weighted by molar-refractivity contribution is 6.30. The molecule has 1 atom stereocenters. The fraction of sp³-hybridized carbons (Fsp3) is 0.240. The predicted octanol–water partition coefficient (Wildman–Crippen LogP) is 7.45. The van der Waals surface area contributed by atoms with E-state index in [0.717, 1.165) is 28.4 Å². The summed E-state index contributed by atoms with van der Waals surface area (Å²) in [6, 6.07) is 19.7. The van der Waals surface area contributed by atoms with Gasteiger partial charge < -0.3 is 15.4 Å². The van der Waals surface area contributed by atoms with Crippen molar-refractivity contribution in [2.45, 2.75) is 38.5 Å². The number of alkyl halides is 3. The summed E-state index contributed by atoms with van der Waals surface area (Å²) in [5, 5.41) is 6.83. The van der Waals surface area contributed by atoms with Crippen LogP contribution in [0.1, 0.15) is 24.5 Å². The third-order valence-electron chi connectivity index (χ3n) is 5.12. The van der Waals surface area contributed by atoms with E-state index in [1.807, 2.05) is 48.5 Å². The van der Waals surface area contributed by atoms with Gasteiger partial charge >= 0.3 is 6.18 Å². The molecule has 0 aliphatic carbocycles. The summed E-state index contributed by atoms with van der Waals surface area (Å²) in [6.45, 7) is 2.03. The Kier molecular flexibility index (Phi) is 6.79. The van der Waals surface area contributed by atoms with E-state index in [0.29, 0.717) is 29.4 Å². The molecule has 0 amide bonds. The number of benzene rings is 3.